The molecule has 0 radical (unpaired) electrons. The van der Waals surface area contributed by atoms with Gasteiger partial charge in [0.1, 0.15) is 6.04 Å². The van der Waals surface area contributed by atoms with E-state index >= 15 is 0 Å². The van der Waals surface area contributed by atoms with Crippen molar-refractivity contribution in [1.82, 2.24) is 10.2 Å². The van der Waals surface area contributed by atoms with Gasteiger partial charge >= 0.3 is 0 Å². The second kappa shape index (κ2) is 11.6. The number of hydrogen-bond donors (Lipinski definition) is 3. The average molecular weight is 615 g/mol. The molecule has 6 atom stereocenters. The zero-order valence-corrected chi connectivity index (χ0v) is 24.8. The summed E-state index contributed by atoms with van der Waals surface area (Å²) in [5, 5.41) is 15.4. The number of benzene rings is 2. The van der Waals surface area contributed by atoms with Crippen LogP contribution in [0.5, 0.6) is 0 Å². The van der Waals surface area contributed by atoms with E-state index in [1.54, 1.807) is 16.7 Å². The Labute approximate surface area is 242 Å². The summed E-state index contributed by atoms with van der Waals surface area (Å²) in [5.74, 6) is -1.49. The summed E-state index contributed by atoms with van der Waals surface area (Å²) in [6, 6.07) is 15.0. The van der Waals surface area contributed by atoms with E-state index in [0.29, 0.717) is 32.4 Å². The number of carbonyl (C=O) groups excluding carboxylic acids is 3. The van der Waals surface area contributed by atoms with Crippen molar-refractivity contribution in [2.24, 2.45) is 11.8 Å². The zero-order valence-electron chi connectivity index (χ0n) is 22.4. The number of aliphatic hydroxyl groups excluding tert-OH is 1. The Morgan fingerprint density at radius 3 is 2.46 bits per heavy atom. The number of rotatable bonds is 10. The summed E-state index contributed by atoms with van der Waals surface area (Å²) in [6.07, 6.45) is 2.76. The van der Waals surface area contributed by atoms with Gasteiger partial charge in [0.2, 0.25) is 17.7 Å². The molecule has 0 saturated carbocycles. The Kier molecular flexibility index (Phi) is 8.40. The number of fused-ring (bicyclic) bond motifs is 1. The molecule has 2 bridgehead atoms. The fourth-order valence-corrected chi connectivity index (χ4v) is 10.3. The summed E-state index contributed by atoms with van der Waals surface area (Å²) in [7, 11) is 0. The van der Waals surface area contributed by atoms with Crippen LogP contribution in [0.3, 0.4) is 0 Å². The van der Waals surface area contributed by atoms with Crippen LogP contribution >= 0.6 is 27.7 Å². The van der Waals surface area contributed by atoms with E-state index in [2.05, 4.69) is 26.6 Å². The number of aliphatic hydroxyl groups is 1. The second-order valence-electron chi connectivity index (χ2n) is 10.9. The molecule has 3 heterocycles. The van der Waals surface area contributed by atoms with Crippen molar-refractivity contribution in [3.05, 3.63) is 65.2 Å². The van der Waals surface area contributed by atoms with E-state index in [9.17, 15) is 19.5 Å². The lowest BCUT2D eigenvalue weighted by atomic mass is 9.70. The first-order valence-electron chi connectivity index (χ1n) is 13.7. The molecule has 1 spiro atoms. The van der Waals surface area contributed by atoms with Crippen LogP contribution in [0, 0.1) is 25.7 Å². The number of anilines is 1. The van der Waals surface area contributed by atoms with Gasteiger partial charge < -0.3 is 20.6 Å². The third-order valence-corrected chi connectivity index (χ3v) is 11.7. The third-order valence-electron chi connectivity index (χ3n) is 8.44. The van der Waals surface area contributed by atoms with Crippen molar-refractivity contribution in [3.8, 4) is 0 Å². The Balaban J connectivity index is 1.45. The molecule has 0 aromatic heterocycles. The minimum Gasteiger partial charge on any atom is -0.396 e. The number of halogens is 1. The lowest BCUT2D eigenvalue weighted by molar-refractivity contribution is -0.139. The maximum absolute atomic E-state index is 14.1. The van der Waals surface area contributed by atoms with Gasteiger partial charge in [-0.15, -0.1) is 11.8 Å². The first-order chi connectivity index (χ1) is 18.8. The lowest BCUT2D eigenvalue weighted by Gasteiger charge is -2.35. The summed E-state index contributed by atoms with van der Waals surface area (Å²) in [5.41, 5.74) is 3.72. The highest BCUT2D eigenvalue weighted by atomic mass is 79.9. The topological polar surface area (TPSA) is 98.7 Å². The summed E-state index contributed by atoms with van der Waals surface area (Å²) >= 11 is 5.47. The first-order valence-corrected chi connectivity index (χ1v) is 15.5. The van der Waals surface area contributed by atoms with Gasteiger partial charge in [0, 0.05) is 35.5 Å². The number of para-hydroxylation sites is 1. The van der Waals surface area contributed by atoms with Crippen LogP contribution in [0.25, 0.3) is 0 Å². The number of thioether (sulfide) groups is 1. The molecule has 5 rings (SSSR count). The minimum atomic E-state index is -0.678. The monoisotopic (exact) mass is 613 g/mol. The molecule has 2 aromatic rings. The molecule has 3 N–H and O–H groups in total. The molecule has 3 aliphatic rings. The van der Waals surface area contributed by atoms with Gasteiger partial charge in [-0.25, -0.2) is 0 Å². The van der Waals surface area contributed by atoms with Crippen LogP contribution in [-0.2, 0) is 20.9 Å². The van der Waals surface area contributed by atoms with Crippen molar-refractivity contribution >= 4 is 51.1 Å². The van der Waals surface area contributed by atoms with E-state index in [1.165, 1.54) is 0 Å². The van der Waals surface area contributed by atoms with Gasteiger partial charge in [-0.1, -0.05) is 64.5 Å². The first kappa shape index (κ1) is 28.2. The molecule has 9 heteroatoms. The molecular formula is C30H36BrN3O4S. The second-order valence-corrected chi connectivity index (χ2v) is 13.7. The minimum absolute atomic E-state index is 0.0314. The van der Waals surface area contributed by atoms with Crippen LogP contribution in [-0.4, -0.2) is 61.7 Å². The number of alkyl halides is 1. The fraction of sp³-hybridized carbons (Fsp3) is 0.500. The lowest BCUT2D eigenvalue weighted by Crippen LogP contribution is -2.53. The summed E-state index contributed by atoms with van der Waals surface area (Å²) in [4.78, 5) is 43.7. The largest absolute Gasteiger partial charge is 0.396 e. The maximum atomic E-state index is 14.1. The van der Waals surface area contributed by atoms with Crippen LogP contribution < -0.4 is 10.6 Å². The van der Waals surface area contributed by atoms with Gasteiger partial charge in [0.05, 0.1) is 16.6 Å². The van der Waals surface area contributed by atoms with Crippen molar-refractivity contribution in [1.29, 1.82) is 0 Å². The molecule has 3 aliphatic heterocycles. The Morgan fingerprint density at radius 1 is 1.05 bits per heavy atom. The number of carbonyl (C=O) groups is 3. The summed E-state index contributed by atoms with van der Waals surface area (Å²) in [6.45, 7) is 4.86. The van der Waals surface area contributed by atoms with Crippen LogP contribution in [0.4, 0.5) is 5.69 Å². The number of amides is 3. The number of likely N-dealkylation sites (tertiary alicyclic amines) is 1. The predicted molar refractivity (Wildman–Crippen MR) is 158 cm³/mol. The molecule has 39 heavy (non-hydrogen) atoms. The molecule has 2 aromatic carbocycles. The highest BCUT2D eigenvalue weighted by Crippen LogP contribution is 2.67. The number of nitrogens with zero attached hydrogens (tertiary/aromatic N) is 1. The predicted octanol–water partition coefficient (Wildman–Crippen LogP) is 4.19. The van der Waals surface area contributed by atoms with Gasteiger partial charge in [-0.2, -0.15) is 0 Å². The molecule has 3 unspecified atom stereocenters. The molecule has 0 aliphatic carbocycles. The van der Waals surface area contributed by atoms with Gasteiger partial charge in [-0.3, -0.25) is 14.4 Å². The summed E-state index contributed by atoms with van der Waals surface area (Å²) < 4.78 is -0.678. The number of hydrogen-bond acceptors (Lipinski definition) is 5. The normalized spacial score (nSPS) is 29.0. The van der Waals surface area contributed by atoms with Gasteiger partial charge in [-0.05, 0) is 56.2 Å². The van der Waals surface area contributed by atoms with E-state index in [-0.39, 0.29) is 34.4 Å². The zero-order chi connectivity index (χ0) is 27.7. The van der Waals surface area contributed by atoms with E-state index in [4.69, 9.17) is 0 Å². The van der Waals surface area contributed by atoms with Crippen molar-refractivity contribution in [3.63, 3.8) is 0 Å². The average Bonchev–Trinajstić information content (AvgIpc) is 3.51. The van der Waals surface area contributed by atoms with Crippen LogP contribution in [0.1, 0.15) is 42.4 Å². The molecular weight excluding hydrogens is 578 g/mol. The van der Waals surface area contributed by atoms with E-state index < -0.39 is 22.6 Å². The van der Waals surface area contributed by atoms with Crippen molar-refractivity contribution in [2.75, 3.05) is 18.5 Å². The van der Waals surface area contributed by atoms with Gasteiger partial charge in [0.15, 0.2) is 0 Å². The standard InChI is InChI=1S/C30H36BrN3O4S/c1-18-10-9-11-19(2)24(18)33-28(37)26-30-16-21(31)25(39-30)22(27(36)32-17-20-12-5-3-6-13-20)23(30)29(38)34(26)14-7-4-8-15-35/h3,5-6,9-13,21-23,25-26,35H,4,7-8,14-17H2,1-2H3,(H,32,36)(H,33,37)/t21?,22-,23-,25-,26?,30?/m0/s1. The van der Waals surface area contributed by atoms with Crippen LogP contribution in [0.15, 0.2) is 48.5 Å². The highest BCUT2D eigenvalue weighted by molar-refractivity contribution is 9.09. The van der Waals surface area contributed by atoms with Crippen LogP contribution in [0.2, 0.25) is 0 Å². The quantitative estimate of drug-likeness (QED) is 0.276. The number of nitrogens with one attached hydrogen (secondary N) is 2. The smallest absolute Gasteiger partial charge is 0.248 e. The van der Waals surface area contributed by atoms with E-state index in [0.717, 1.165) is 28.8 Å². The molecule has 3 fully saturated rings. The Bertz CT molecular complexity index is 1220. The third kappa shape index (κ3) is 5.13. The Morgan fingerprint density at radius 2 is 1.77 bits per heavy atom. The number of unbranched alkanes of at least 4 members (excludes halogenated alkanes) is 2. The highest BCUT2D eigenvalue weighted by Gasteiger charge is 2.75. The molecule has 3 amide bonds. The molecule has 7 nitrogen and oxygen atoms in total. The molecule has 208 valence electrons. The van der Waals surface area contributed by atoms with Crippen molar-refractivity contribution in [2.45, 2.75) is 66.9 Å². The van der Waals surface area contributed by atoms with Gasteiger partial charge in [0.25, 0.3) is 0 Å². The fourth-order valence-electron chi connectivity index (χ4n) is 6.65. The Hall–Kier alpha value is -2.36. The maximum Gasteiger partial charge on any atom is 0.248 e. The molecule has 3 saturated heterocycles. The van der Waals surface area contributed by atoms with E-state index in [1.807, 2.05) is 62.4 Å². The SMILES string of the molecule is Cc1cccc(C)c1NC(=O)C1N(CCCCCO)C(=O)[C@@H]2[C@H](C(=O)NCc3ccccc3)[C@H]3SC12CC3Br. The van der Waals surface area contributed by atoms with Crippen molar-refractivity contribution < 1.29 is 19.5 Å². The number of aryl methyl sites for hydroxylation is 2.